The standard InChI is InChI=1S/C13H19N3/c1-4-5-12(11(2)3)10-16(14)13-6-8-15-9-7-13/h4-11H,14H2,1-3H3/b5-4-,12-10+. The first-order chi connectivity index (χ1) is 7.65. The fourth-order valence-electron chi connectivity index (χ4n) is 1.33. The molecule has 3 heteroatoms. The lowest BCUT2D eigenvalue weighted by atomic mass is 10.0. The quantitative estimate of drug-likeness (QED) is 0.479. The molecule has 0 spiro atoms. The SMILES string of the molecule is C/C=C\C(=C/N(N)c1ccncc1)C(C)C. The summed E-state index contributed by atoms with van der Waals surface area (Å²) in [5, 5.41) is 1.62. The van der Waals surface area contributed by atoms with Crippen LogP contribution in [0.3, 0.4) is 0 Å². The summed E-state index contributed by atoms with van der Waals surface area (Å²) in [6.07, 6.45) is 9.50. The number of nitrogens with two attached hydrogens (primary N) is 1. The summed E-state index contributed by atoms with van der Waals surface area (Å²) in [5.41, 5.74) is 2.12. The van der Waals surface area contributed by atoms with Gasteiger partial charge in [0, 0.05) is 18.6 Å². The molecule has 0 aromatic carbocycles. The maximum Gasteiger partial charge on any atom is 0.0598 e. The van der Waals surface area contributed by atoms with Gasteiger partial charge in [-0.2, -0.15) is 0 Å². The molecule has 0 bridgehead atoms. The number of hydrogen-bond acceptors (Lipinski definition) is 3. The minimum atomic E-state index is 0.448. The fraction of sp³-hybridized carbons (Fsp3) is 0.308. The largest absolute Gasteiger partial charge is 0.287 e. The molecule has 1 aromatic heterocycles. The van der Waals surface area contributed by atoms with Crippen molar-refractivity contribution in [2.75, 3.05) is 5.01 Å². The highest BCUT2D eigenvalue weighted by Crippen LogP contribution is 2.15. The van der Waals surface area contributed by atoms with Crippen molar-refractivity contribution in [3.05, 3.63) is 48.5 Å². The van der Waals surface area contributed by atoms with E-state index in [1.807, 2.05) is 31.3 Å². The number of nitrogens with zero attached hydrogens (tertiary/aromatic N) is 2. The van der Waals surface area contributed by atoms with Gasteiger partial charge in [-0.05, 0) is 30.5 Å². The van der Waals surface area contributed by atoms with E-state index in [1.165, 1.54) is 5.57 Å². The van der Waals surface area contributed by atoms with Gasteiger partial charge in [-0.15, -0.1) is 0 Å². The van der Waals surface area contributed by atoms with Crippen LogP contribution in [-0.4, -0.2) is 4.98 Å². The maximum absolute atomic E-state index is 5.96. The van der Waals surface area contributed by atoms with E-state index in [0.29, 0.717) is 5.92 Å². The first-order valence-corrected chi connectivity index (χ1v) is 5.43. The first-order valence-electron chi connectivity index (χ1n) is 5.43. The van der Waals surface area contributed by atoms with Crippen LogP contribution in [0, 0.1) is 5.92 Å². The van der Waals surface area contributed by atoms with Gasteiger partial charge in [0.1, 0.15) is 0 Å². The lowest BCUT2D eigenvalue weighted by Crippen LogP contribution is -2.25. The highest BCUT2D eigenvalue weighted by atomic mass is 15.4. The van der Waals surface area contributed by atoms with Crippen LogP contribution < -0.4 is 10.9 Å². The van der Waals surface area contributed by atoms with Crippen molar-refractivity contribution >= 4 is 5.69 Å². The number of allylic oxidation sites excluding steroid dienone is 3. The smallest absolute Gasteiger partial charge is 0.0598 e. The molecule has 86 valence electrons. The third-order valence-electron chi connectivity index (χ3n) is 2.27. The lowest BCUT2D eigenvalue weighted by molar-refractivity contribution is 0.782. The Hall–Kier alpha value is -1.61. The Kier molecular flexibility index (Phi) is 4.73. The van der Waals surface area contributed by atoms with Gasteiger partial charge in [0.05, 0.1) is 5.69 Å². The lowest BCUT2D eigenvalue weighted by Gasteiger charge is -2.16. The van der Waals surface area contributed by atoms with Gasteiger partial charge in [-0.25, -0.2) is 5.84 Å². The van der Waals surface area contributed by atoms with Crippen molar-refractivity contribution in [1.29, 1.82) is 0 Å². The second-order valence-corrected chi connectivity index (χ2v) is 3.90. The zero-order valence-electron chi connectivity index (χ0n) is 10.1. The Labute approximate surface area is 97.3 Å². The van der Waals surface area contributed by atoms with Crippen molar-refractivity contribution in [2.24, 2.45) is 11.8 Å². The predicted molar refractivity (Wildman–Crippen MR) is 68.6 cm³/mol. The molecular weight excluding hydrogens is 198 g/mol. The van der Waals surface area contributed by atoms with Crippen LogP contribution in [-0.2, 0) is 0 Å². The second-order valence-electron chi connectivity index (χ2n) is 3.90. The molecule has 16 heavy (non-hydrogen) atoms. The van der Waals surface area contributed by atoms with Gasteiger partial charge in [-0.1, -0.05) is 26.0 Å². The minimum Gasteiger partial charge on any atom is -0.287 e. The summed E-state index contributed by atoms with van der Waals surface area (Å²) >= 11 is 0. The molecule has 0 saturated carbocycles. The van der Waals surface area contributed by atoms with Crippen LogP contribution in [0.15, 0.2) is 48.5 Å². The number of hydrazine groups is 1. The molecule has 2 N–H and O–H groups in total. The molecule has 1 aromatic rings. The van der Waals surface area contributed by atoms with Gasteiger partial charge in [0.2, 0.25) is 0 Å². The van der Waals surface area contributed by atoms with Crippen LogP contribution in [0.1, 0.15) is 20.8 Å². The van der Waals surface area contributed by atoms with E-state index in [-0.39, 0.29) is 0 Å². The summed E-state index contributed by atoms with van der Waals surface area (Å²) in [6, 6.07) is 3.76. The number of pyridine rings is 1. The first kappa shape index (κ1) is 12.5. The Morgan fingerprint density at radius 1 is 1.38 bits per heavy atom. The zero-order chi connectivity index (χ0) is 12.0. The molecule has 0 unspecified atom stereocenters. The van der Waals surface area contributed by atoms with Crippen molar-refractivity contribution in [3.8, 4) is 0 Å². The number of anilines is 1. The van der Waals surface area contributed by atoms with Crippen molar-refractivity contribution in [1.82, 2.24) is 4.98 Å². The van der Waals surface area contributed by atoms with Gasteiger partial charge in [-0.3, -0.25) is 9.99 Å². The van der Waals surface area contributed by atoms with Gasteiger partial charge < -0.3 is 0 Å². The van der Waals surface area contributed by atoms with E-state index in [1.54, 1.807) is 17.4 Å². The Morgan fingerprint density at radius 3 is 2.50 bits per heavy atom. The van der Waals surface area contributed by atoms with Crippen LogP contribution in [0.5, 0.6) is 0 Å². The summed E-state index contributed by atoms with van der Waals surface area (Å²) < 4.78 is 0. The normalized spacial score (nSPS) is 12.4. The molecule has 0 amide bonds. The molecule has 1 rings (SSSR count). The Balaban J connectivity index is 2.89. The second kappa shape index (κ2) is 6.08. The van der Waals surface area contributed by atoms with Gasteiger partial charge in [0.25, 0.3) is 0 Å². The van der Waals surface area contributed by atoms with E-state index >= 15 is 0 Å². The van der Waals surface area contributed by atoms with Crippen molar-refractivity contribution in [2.45, 2.75) is 20.8 Å². The molecule has 0 fully saturated rings. The summed E-state index contributed by atoms with van der Waals surface area (Å²) in [4.78, 5) is 3.96. The summed E-state index contributed by atoms with van der Waals surface area (Å²) in [6.45, 7) is 6.29. The molecule has 0 aliphatic carbocycles. The van der Waals surface area contributed by atoms with Gasteiger partial charge in [0.15, 0.2) is 0 Å². The summed E-state index contributed by atoms with van der Waals surface area (Å²) in [7, 11) is 0. The number of rotatable bonds is 4. The average Bonchev–Trinajstić information content (AvgIpc) is 2.29. The van der Waals surface area contributed by atoms with Gasteiger partial charge >= 0.3 is 0 Å². The molecule has 3 nitrogen and oxygen atoms in total. The third-order valence-corrected chi connectivity index (χ3v) is 2.27. The maximum atomic E-state index is 5.96. The topological polar surface area (TPSA) is 42.1 Å². The van der Waals surface area contributed by atoms with E-state index in [4.69, 9.17) is 5.84 Å². The van der Waals surface area contributed by atoms with Crippen LogP contribution in [0.25, 0.3) is 0 Å². The van der Waals surface area contributed by atoms with Crippen LogP contribution in [0.2, 0.25) is 0 Å². The average molecular weight is 217 g/mol. The molecule has 0 atom stereocenters. The predicted octanol–water partition coefficient (Wildman–Crippen LogP) is 2.88. The molecule has 0 aliphatic heterocycles. The number of aromatic nitrogens is 1. The van der Waals surface area contributed by atoms with E-state index in [0.717, 1.165) is 5.69 Å². The Bertz CT molecular complexity index is 366. The minimum absolute atomic E-state index is 0.448. The molecular formula is C13H19N3. The fourth-order valence-corrected chi connectivity index (χ4v) is 1.33. The van der Waals surface area contributed by atoms with E-state index < -0.39 is 0 Å². The van der Waals surface area contributed by atoms with Crippen LogP contribution >= 0.6 is 0 Å². The molecule has 0 aliphatic rings. The summed E-state index contributed by atoms with van der Waals surface area (Å²) in [5.74, 6) is 6.41. The highest BCUT2D eigenvalue weighted by molar-refractivity contribution is 5.47. The highest BCUT2D eigenvalue weighted by Gasteiger charge is 2.02. The Morgan fingerprint density at radius 2 is 2.00 bits per heavy atom. The monoisotopic (exact) mass is 217 g/mol. The van der Waals surface area contributed by atoms with Crippen LogP contribution in [0.4, 0.5) is 5.69 Å². The zero-order valence-corrected chi connectivity index (χ0v) is 10.1. The molecule has 0 saturated heterocycles. The third kappa shape index (κ3) is 3.51. The molecule has 1 heterocycles. The van der Waals surface area contributed by atoms with E-state index in [9.17, 15) is 0 Å². The van der Waals surface area contributed by atoms with E-state index in [2.05, 4.69) is 24.9 Å². The van der Waals surface area contributed by atoms with Crippen molar-refractivity contribution < 1.29 is 0 Å². The molecule has 0 radical (unpaired) electrons. The van der Waals surface area contributed by atoms with Crippen molar-refractivity contribution in [3.63, 3.8) is 0 Å². The number of hydrogen-bond donors (Lipinski definition) is 1.